The third-order valence-corrected chi connectivity index (χ3v) is 2.91. The van der Waals surface area contributed by atoms with Crippen molar-refractivity contribution in [3.63, 3.8) is 0 Å². The zero-order valence-corrected chi connectivity index (χ0v) is 11.2. The minimum Gasteiger partial charge on any atom is -0.394 e. The van der Waals surface area contributed by atoms with Crippen LogP contribution in [0.25, 0.3) is 0 Å². The summed E-state index contributed by atoms with van der Waals surface area (Å²) in [6, 6.07) is 3.47. The first-order chi connectivity index (χ1) is 8.54. The fourth-order valence-corrected chi connectivity index (χ4v) is 1.47. The zero-order valence-electron chi connectivity index (χ0n) is 11.2. The van der Waals surface area contributed by atoms with E-state index in [0.29, 0.717) is 12.2 Å². The molecular formula is C13H21N3O2. The Kier molecular flexibility index (Phi) is 5.09. The summed E-state index contributed by atoms with van der Waals surface area (Å²) in [5, 5.41) is 15.3. The minimum absolute atomic E-state index is 0.0301. The van der Waals surface area contributed by atoms with Crippen LogP contribution in [0, 0.1) is 0 Å². The number of amides is 1. The number of nitrogens with one attached hydrogen (secondary N) is 2. The Bertz CT molecular complexity index is 403. The molecule has 3 N–H and O–H groups in total. The molecule has 1 amide bonds. The number of aliphatic hydroxyl groups is 1. The van der Waals surface area contributed by atoms with Crippen LogP contribution < -0.4 is 10.6 Å². The largest absolute Gasteiger partial charge is 0.394 e. The standard InChI is InChI=1S/C13H21N3O2/c1-4-13(3,9-17)16-10-6-7-15-11(8-10)12(18)14-5-2/h6-8,17H,4-5,9H2,1-3H3,(H,14,18)(H,15,16). The van der Waals surface area contributed by atoms with E-state index in [1.807, 2.05) is 20.8 Å². The summed E-state index contributed by atoms with van der Waals surface area (Å²) in [6.45, 7) is 6.39. The lowest BCUT2D eigenvalue weighted by Gasteiger charge is -2.28. The van der Waals surface area contributed by atoms with Crippen molar-refractivity contribution in [2.75, 3.05) is 18.5 Å². The van der Waals surface area contributed by atoms with Crippen molar-refractivity contribution in [2.24, 2.45) is 0 Å². The SMILES string of the molecule is CCNC(=O)c1cc(NC(C)(CC)CO)ccn1. The van der Waals surface area contributed by atoms with Gasteiger partial charge in [-0.05, 0) is 32.4 Å². The van der Waals surface area contributed by atoms with Gasteiger partial charge in [0.25, 0.3) is 5.91 Å². The second kappa shape index (κ2) is 6.35. The molecule has 0 aliphatic carbocycles. The van der Waals surface area contributed by atoms with E-state index in [4.69, 9.17) is 0 Å². The first-order valence-corrected chi connectivity index (χ1v) is 6.18. The number of anilines is 1. The minimum atomic E-state index is -0.389. The van der Waals surface area contributed by atoms with Gasteiger partial charge >= 0.3 is 0 Å². The summed E-state index contributed by atoms with van der Waals surface area (Å²) in [6.07, 6.45) is 2.36. The monoisotopic (exact) mass is 251 g/mol. The maximum absolute atomic E-state index is 11.7. The summed E-state index contributed by atoms with van der Waals surface area (Å²) < 4.78 is 0. The summed E-state index contributed by atoms with van der Waals surface area (Å²) in [4.78, 5) is 15.7. The van der Waals surface area contributed by atoms with E-state index in [-0.39, 0.29) is 18.1 Å². The van der Waals surface area contributed by atoms with Gasteiger partial charge in [-0.2, -0.15) is 0 Å². The highest BCUT2D eigenvalue weighted by Gasteiger charge is 2.20. The lowest BCUT2D eigenvalue weighted by molar-refractivity contribution is 0.0951. The summed E-state index contributed by atoms with van der Waals surface area (Å²) in [5.41, 5.74) is 0.766. The summed E-state index contributed by atoms with van der Waals surface area (Å²) in [5.74, 6) is -0.191. The number of carbonyl (C=O) groups is 1. The average Bonchev–Trinajstić information content (AvgIpc) is 2.39. The van der Waals surface area contributed by atoms with Crippen LogP contribution in [0.15, 0.2) is 18.3 Å². The smallest absolute Gasteiger partial charge is 0.269 e. The van der Waals surface area contributed by atoms with Gasteiger partial charge in [-0.1, -0.05) is 6.92 Å². The van der Waals surface area contributed by atoms with Gasteiger partial charge in [0.2, 0.25) is 0 Å². The molecule has 1 rings (SSSR count). The van der Waals surface area contributed by atoms with Gasteiger partial charge in [-0.3, -0.25) is 9.78 Å². The number of hydrogen-bond acceptors (Lipinski definition) is 4. The second-order valence-electron chi connectivity index (χ2n) is 4.49. The number of pyridine rings is 1. The van der Waals surface area contributed by atoms with Crippen molar-refractivity contribution in [1.82, 2.24) is 10.3 Å². The Morgan fingerprint density at radius 3 is 2.78 bits per heavy atom. The number of rotatable bonds is 6. The van der Waals surface area contributed by atoms with Crippen LogP contribution in [0.2, 0.25) is 0 Å². The first kappa shape index (κ1) is 14.4. The molecule has 0 radical (unpaired) electrons. The number of nitrogens with zero attached hydrogens (tertiary/aromatic N) is 1. The number of aliphatic hydroxyl groups excluding tert-OH is 1. The van der Waals surface area contributed by atoms with Crippen molar-refractivity contribution in [3.8, 4) is 0 Å². The van der Waals surface area contributed by atoms with Crippen molar-refractivity contribution >= 4 is 11.6 Å². The Morgan fingerprint density at radius 2 is 2.22 bits per heavy atom. The van der Waals surface area contributed by atoms with Crippen molar-refractivity contribution in [3.05, 3.63) is 24.0 Å². The second-order valence-corrected chi connectivity index (χ2v) is 4.49. The topological polar surface area (TPSA) is 74.2 Å². The summed E-state index contributed by atoms with van der Waals surface area (Å²) in [7, 11) is 0. The number of hydrogen-bond donors (Lipinski definition) is 3. The van der Waals surface area contributed by atoms with Gasteiger partial charge < -0.3 is 15.7 Å². The van der Waals surface area contributed by atoms with E-state index in [2.05, 4.69) is 15.6 Å². The molecule has 0 saturated carbocycles. The van der Waals surface area contributed by atoms with Crippen molar-refractivity contribution in [2.45, 2.75) is 32.7 Å². The molecule has 5 heteroatoms. The highest BCUT2D eigenvalue weighted by Crippen LogP contribution is 2.18. The molecule has 1 unspecified atom stereocenters. The Labute approximate surface area is 108 Å². The molecule has 5 nitrogen and oxygen atoms in total. The van der Waals surface area contributed by atoms with Crippen molar-refractivity contribution in [1.29, 1.82) is 0 Å². The third kappa shape index (κ3) is 3.70. The van der Waals surface area contributed by atoms with Crippen molar-refractivity contribution < 1.29 is 9.90 Å². The highest BCUT2D eigenvalue weighted by molar-refractivity contribution is 5.93. The van der Waals surface area contributed by atoms with Gasteiger partial charge in [0, 0.05) is 18.4 Å². The lowest BCUT2D eigenvalue weighted by Crippen LogP contribution is -2.38. The van der Waals surface area contributed by atoms with Crippen LogP contribution in [0.3, 0.4) is 0 Å². The van der Waals surface area contributed by atoms with Crippen LogP contribution >= 0.6 is 0 Å². The fraction of sp³-hybridized carbons (Fsp3) is 0.538. The first-order valence-electron chi connectivity index (χ1n) is 6.18. The average molecular weight is 251 g/mol. The van der Waals surface area contributed by atoms with Gasteiger partial charge in [0.1, 0.15) is 5.69 Å². The van der Waals surface area contributed by atoms with Gasteiger partial charge in [0.05, 0.1) is 12.1 Å². The normalized spacial score (nSPS) is 13.8. The number of carbonyl (C=O) groups excluding carboxylic acids is 1. The Hall–Kier alpha value is -1.62. The van der Waals surface area contributed by atoms with Gasteiger partial charge in [-0.25, -0.2) is 0 Å². The van der Waals surface area contributed by atoms with Gasteiger partial charge in [0.15, 0.2) is 0 Å². The van der Waals surface area contributed by atoms with Crippen LogP contribution in [0.1, 0.15) is 37.7 Å². The molecule has 0 saturated heterocycles. The van der Waals surface area contributed by atoms with Crippen LogP contribution in [0.5, 0.6) is 0 Å². The van der Waals surface area contributed by atoms with Gasteiger partial charge in [-0.15, -0.1) is 0 Å². The maximum Gasteiger partial charge on any atom is 0.269 e. The van der Waals surface area contributed by atoms with Crippen LogP contribution in [-0.2, 0) is 0 Å². The molecule has 18 heavy (non-hydrogen) atoms. The molecule has 0 aliphatic heterocycles. The summed E-state index contributed by atoms with van der Waals surface area (Å²) >= 11 is 0. The highest BCUT2D eigenvalue weighted by atomic mass is 16.3. The molecule has 0 aliphatic rings. The van der Waals surface area contributed by atoms with E-state index in [1.54, 1.807) is 18.3 Å². The molecule has 0 aromatic carbocycles. The predicted molar refractivity (Wildman–Crippen MR) is 71.6 cm³/mol. The van der Waals surface area contributed by atoms with E-state index >= 15 is 0 Å². The molecule has 0 spiro atoms. The third-order valence-electron chi connectivity index (χ3n) is 2.91. The fourth-order valence-electron chi connectivity index (χ4n) is 1.47. The molecule has 1 atom stereocenters. The molecule has 100 valence electrons. The van der Waals surface area contributed by atoms with E-state index in [9.17, 15) is 9.90 Å². The molecule has 1 aromatic heterocycles. The van der Waals surface area contributed by atoms with Crippen LogP contribution in [-0.4, -0.2) is 34.7 Å². The Morgan fingerprint density at radius 1 is 1.50 bits per heavy atom. The van der Waals surface area contributed by atoms with Crippen LogP contribution in [0.4, 0.5) is 5.69 Å². The van der Waals surface area contributed by atoms with E-state index in [0.717, 1.165) is 12.1 Å². The molecular weight excluding hydrogens is 230 g/mol. The molecule has 1 aromatic rings. The van der Waals surface area contributed by atoms with E-state index < -0.39 is 0 Å². The molecule has 1 heterocycles. The lowest BCUT2D eigenvalue weighted by atomic mass is 10.00. The molecule has 0 bridgehead atoms. The maximum atomic E-state index is 11.7. The quantitative estimate of drug-likeness (QED) is 0.714. The van der Waals surface area contributed by atoms with E-state index in [1.165, 1.54) is 0 Å². The number of aromatic nitrogens is 1. The predicted octanol–water partition coefficient (Wildman–Crippen LogP) is 1.40. The Balaban J connectivity index is 2.85. The zero-order chi connectivity index (χ0) is 13.6. The molecule has 0 fully saturated rings.